The molecule has 1 aromatic heterocycles. The Balaban J connectivity index is 1.57. The number of carbonyl (C=O) groups is 1. The highest BCUT2D eigenvalue weighted by Gasteiger charge is 2.27. The third-order valence-corrected chi connectivity index (χ3v) is 4.66. The van der Waals surface area contributed by atoms with Crippen LogP contribution in [0, 0.1) is 0 Å². The zero-order valence-electron chi connectivity index (χ0n) is 18.3. The number of hydrogen-bond acceptors (Lipinski definition) is 4. The Morgan fingerprint density at radius 1 is 1.30 bits per heavy atom. The molecular formula is C22H32N6O2. The van der Waals surface area contributed by atoms with E-state index in [0.29, 0.717) is 13.1 Å². The average molecular weight is 413 g/mol. The molecule has 1 aromatic carbocycles. The van der Waals surface area contributed by atoms with Crippen LogP contribution < -0.4 is 10.6 Å². The molecule has 2 N–H and O–H groups in total. The summed E-state index contributed by atoms with van der Waals surface area (Å²) in [5.74, 6) is 0.863. The molecule has 2 heterocycles. The van der Waals surface area contributed by atoms with Crippen molar-refractivity contribution >= 4 is 12.1 Å². The fraction of sp³-hybridized carbons (Fsp3) is 0.500. The maximum atomic E-state index is 12.0. The summed E-state index contributed by atoms with van der Waals surface area (Å²) in [7, 11) is 0. The molecule has 1 fully saturated rings. The van der Waals surface area contributed by atoms with Gasteiger partial charge in [0.25, 0.3) is 0 Å². The lowest BCUT2D eigenvalue weighted by atomic mass is 10.2. The van der Waals surface area contributed by atoms with Crippen LogP contribution in [-0.2, 0) is 11.3 Å². The molecule has 8 nitrogen and oxygen atoms in total. The molecule has 0 saturated carbocycles. The lowest BCUT2D eigenvalue weighted by molar-refractivity contribution is 0.0507. The second kappa shape index (κ2) is 9.65. The Morgan fingerprint density at radius 3 is 2.70 bits per heavy atom. The summed E-state index contributed by atoms with van der Waals surface area (Å²) < 4.78 is 7.20. The van der Waals surface area contributed by atoms with Gasteiger partial charge in [-0.05, 0) is 57.9 Å². The van der Waals surface area contributed by atoms with E-state index in [9.17, 15) is 4.79 Å². The van der Waals surface area contributed by atoms with E-state index in [0.717, 1.165) is 36.7 Å². The van der Waals surface area contributed by atoms with Crippen LogP contribution in [0.4, 0.5) is 4.79 Å². The van der Waals surface area contributed by atoms with E-state index in [1.54, 1.807) is 6.20 Å². The number of rotatable bonds is 5. The smallest absolute Gasteiger partial charge is 0.407 e. The maximum absolute atomic E-state index is 12.0. The van der Waals surface area contributed by atoms with E-state index in [2.05, 4.69) is 39.7 Å². The summed E-state index contributed by atoms with van der Waals surface area (Å²) in [6.07, 6.45) is 4.18. The first-order chi connectivity index (χ1) is 14.3. The van der Waals surface area contributed by atoms with Crippen LogP contribution in [0.25, 0.3) is 5.69 Å². The Morgan fingerprint density at radius 2 is 2.07 bits per heavy atom. The number of aliphatic imine (C=N–C) groups is 1. The average Bonchev–Trinajstić information content (AvgIpc) is 3.36. The zero-order valence-corrected chi connectivity index (χ0v) is 18.3. The van der Waals surface area contributed by atoms with Crippen LogP contribution in [0.5, 0.6) is 0 Å². The third kappa shape index (κ3) is 6.23. The zero-order chi connectivity index (χ0) is 21.6. The topological polar surface area (TPSA) is 83.8 Å². The number of ether oxygens (including phenoxy) is 1. The number of guanidine groups is 1. The summed E-state index contributed by atoms with van der Waals surface area (Å²) in [5.41, 5.74) is 1.66. The number of alkyl carbamates (subject to hydrolysis) is 1. The minimum Gasteiger partial charge on any atom is -0.444 e. The first-order valence-corrected chi connectivity index (χ1v) is 10.5. The molecule has 0 radical (unpaired) electrons. The van der Waals surface area contributed by atoms with Gasteiger partial charge in [-0.15, -0.1) is 0 Å². The van der Waals surface area contributed by atoms with Gasteiger partial charge in [0.05, 0.1) is 18.3 Å². The number of nitrogens with one attached hydrogen (secondary N) is 2. The van der Waals surface area contributed by atoms with Gasteiger partial charge in [-0.3, -0.25) is 0 Å². The number of benzene rings is 1. The molecule has 1 saturated heterocycles. The summed E-state index contributed by atoms with van der Waals surface area (Å²) in [6.45, 7) is 10.6. The third-order valence-electron chi connectivity index (χ3n) is 4.66. The van der Waals surface area contributed by atoms with Crippen LogP contribution in [-0.4, -0.2) is 58.0 Å². The summed E-state index contributed by atoms with van der Waals surface area (Å²) in [5, 5.41) is 10.6. The van der Waals surface area contributed by atoms with Gasteiger partial charge >= 0.3 is 6.09 Å². The summed E-state index contributed by atoms with van der Waals surface area (Å²) >= 11 is 0. The summed E-state index contributed by atoms with van der Waals surface area (Å²) in [4.78, 5) is 19.0. The lowest BCUT2D eigenvalue weighted by Gasteiger charge is -2.23. The summed E-state index contributed by atoms with van der Waals surface area (Å²) in [6, 6.07) is 10.2. The van der Waals surface area contributed by atoms with Crippen molar-refractivity contribution in [3.05, 3.63) is 48.3 Å². The maximum Gasteiger partial charge on any atom is 0.407 e. The van der Waals surface area contributed by atoms with Crippen molar-refractivity contribution in [2.45, 2.75) is 52.3 Å². The molecule has 0 spiro atoms. The minimum absolute atomic E-state index is 0.0528. The number of nitrogens with zero attached hydrogens (tertiary/aromatic N) is 4. The first-order valence-electron chi connectivity index (χ1n) is 10.5. The van der Waals surface area contributed by atoms with Crippen LogP contribution >= 0.6 is 0 Å². The molecule has 0 aliphatic carbocycles. The van der Waals surface area contributed by atoms with Crippen molar-refractivity contribution in [3.63, 3.8) is 0 Å². The fourth-order valence-corrected chi connectivity index (χ4v) is 3.31. The number of hydrogen-bond donors (Lipinski definition) is 2. The number of carbonyl (C=O) groups excluding carboxylic acids is 1. The van der Waals surface area contributed by atoms with Crippen LogP contribution in [0.2, 0.25) is 0 Å². The molecule has 2 aromatic rings. The molecule has 30 heavy (non-hydrogen) atoms. The second-order valence-electron chi connectivity index (χ2n) is 8.37. The largest absolute Gasteiger partial charge is 0.444 e. The van der Waals surface area contributed by atoms with Crippen LogP contribution in [0.3, 0.4) is 0 Å². The standard InChI is InChI=1S/C22H32N6O2/c1-5-23-20(27-14-11-18(16-27)26-21(29)30-22(2,3)4)24-15-17-7-9-19(10-8-17)28-13-6-12-25-28/h6-10,12-13,18H,5,11,14-16H2,1-4H3,(H,23,24)(H,26,29). The van der Waals surface area contributed by atoms with Gasteiger partial charge in [-0.2, -0.15) is 5.10 Å². The van der Waals surface area contributed by atoms with Gasteiger partial charge in [0.15, 0.2) is 5.96 Å². The molecule has 0 bridgehead atoms. The monoisotopic (exact) mass is 412 g/mol. The molecule has 1 unspecified atom stereocenters. The fourth-order valence-electron chi connectivity index (χ4n) is 3.31. The minimum atomic E-state index is -0.494. The van der Waals surface area contributed by atoms with Crippen molar-refractivity contribution in [2.75, 3.05) is 19.6 Å². The quantitative estimate of drug-likeness (QED) is 0.583. The number of likely N-dealkylation sites (tertiary alicyclic amines) is 1. The van der Waals surface area contributed by atoms with Gasteiger partial charge in [0, 0.05) is 32.0 Å². The Labute approximate surface area is 178 Å². The molecule has 1 atom stereocenters. The molecule has 162 valence electrons. The predicted molar refractivity (Wildman–Crippen MR) is 118 cm³/mol. The van der Waals surface area contributed by atoms with Gasteiger partial charge < -0.3 is 20.3 Å². The molecule has 1 amide bonds. The highest BCUT2D eigenvalue weighted by molar-refractivity contribution is 5.80. The van der Waals surface area contributed by atoms with Gasteiger partial charge in [0.1, 0.15) is 5.60 Å². The van der Waals surface area contributed by atoms with Crippen molar-refractivity contribution in [1.29, 1.82) is 0 Å². The van der Waals surface area contributed by atoms with Crippen molar-refractivity contribution in [3.8, 4) is 5.69 Å². The SMILES string of the molecule is CCNC(=NCc1ccc(-n2cccn2)cc1)N1CCC(NC(=O)OC(C)(C)C)C1. The van der Waals surface area contributed by atoms with E-state index >= 15 is 0 Å². The van der Waals surface area contributed by atoms with Gasteiger partial charge in [-0.25, -0.2) is 14.5 Å². The van der Waals surface area contributed by atoms with E-state index in [1.165, 1.54) is 0 Å². The Bertz CT molecular complexity index is 840. The lowest BCUT2D eigenvalue weighted by Crippen LogP contribution is -2.44. The Hall–Kier alpha value is -3.03. The first kappa shape index (κ1) is 21.7. The van der Waals surface area contributed by atoms with E-state index < -0.39 is 5.60 Å². The Kier molecular flexibility index (Phi) is 6.97. The number of amides is 1. The second-order valence-corrected chi connectivity index (χ2v) is 8.37. The molecule has 1 aliphatic rings. The highest BCUT2D eigenvalue weighted by Crippen LogP contribution is 2.13. The van der Waals surface area contributed by atoms with E-state index in [1.807, 2.05) is 49.8 Å². The van der Waals surface area contributed by atoms with Gasteiger partial charge in [-0.1, -0.05) is 12.1 Å². The normalized spacial score (nSPS) is 17.1. The molecule has 8 heteroatoms. The predicted octanol–water partition coefficient (Wildman–Crippen LogP) is 2.94. The van der Waals surface area contributed by atoms with Crippen molar-refractivity contribution < 1.29 is 9.53 Å². The van der Waals surface area contributed by atoms with Gasteiger partial charge in [0.2, 0.25) is 0 Å². The molecular weight excluding hydrogens is 380 g/mol. The highest BCUT2D eigenvalue weighted by atomic mass is 16.6. The van der Waals surface area contributed by atoms with Crippen molar-refractivity contribution in [2.24, 2.45) is 4.99 Å². The number of aromatic nitrogens is 2. The van der Waals surface area contributed by atoms with Crippen LogP contribution in [0.1, 0.15) is 39.7 Å². The molecule has 3 rings (SSSR count). The molecule has 1 aliphatic heterocycles. The van der Waals surface area contributed by atoms with Crippen molar-refractivity contribution in [1.82, 2.24) is 25.3 Å². The van der Waals surface area contributed by atoms with E-state index in [4.69, 9.17) is 9.73 Å². The van der Waals surface area contributed by atoms with Crippen LogP contribution in [0.15, 0.2) is 47.7 Å². The van der Waals surface area contributed by atoms with E-state index in [-0.39, 0.29) is 12.1 Å².